The van der Waals surface area contributed by atoms with Crippen molar-refractivity contribution in [2.24, 2.45) is 0 Å². The van der Waals surface area contributed by atoms with Crippen molar-refractivity contribution < 1.29 is 0 Å². The van der Waals surface area contributed by atoms with Crippen molar-refractivity contribution in [1.29, 1.82) is 5.26 Å². The fourth-order valence-corrected chi connectivity index (χ4v) is 1.88. The lowest BCUT2D eigenvalue weighted by molar-refractivity contribution is 0.706. The van der Waals surface area contributed by atoms with Gasteiger partial charge in [0, 0.05) is 10.7 Å². The van der Waals surface area contributed by atoms with Gasteiger partial charge in [-0.2, -0.15) is 5.26 Å². The highest BCUT2D eigenvalue weighted by atomic mass is 35.5. The quantitative estimate of drug-likeness (QED) is 0.894. The molecule has 0 amide bonds. The average Bonchev–Trinajstić information content (AvgIpc) is 2.42. The molecule has 0 saturated heterocycles. The largest absolute Gasteiger partial charge is 0.364 e. The molecule has 0 aromatic heterocycles. The molecular weight excluding hydrogens is 244 g/mol. The molecule has 0 aliphatic carbocycles. The first-order valence-electron chi connectivity index (χ1n) is 5.64. The molecule has 0 aliphatic rings. The monoisotopic (exact) mass is 256 g/mol. The molecule has 0 spiro atoms. The Morgan fingerprint density at radius 1 is 1.06 bits per heavy atom. The average molecular weight is 257 g/mol. The van der Waals surface area contributed by atoms with Crippen LogP contribution in [0.4, 0.5) is 5.69 Å². The van der Waals surface area contributed by atoms with Crippen molar-refractivity contribution in [3.8, 4) is 6.07 Å². The summed E-state index contributed by atoms with van der Waals surface area (Å²) in [6, 6.07) is 19.3. The number of benzene rings is 2. The zero-order valence-electron chi connectivity index (χ0n) is 10.0. The standard InChI is InChI=1S/C15H13ClN2/c1-15(11-17,12-5-3-2-4-6-12)18-14-9-7-13(16)8-10-14/h2-10,18H,1H3. The first-order valence-corrected chi connectivity index (χ1v) is 6.02. The van der Waals surface area contributed by atoms with Crippen LogP contribution in [0.15, 0.2) is 54.6 Å². The molecule has 0 saturated carbocycles. The Kier molecular flexibility index (Phi) is 3.55. The van der Waals surface area contributed by atoms with Crippen LogP contribution in [0.1, 0.15) is 12.5 Å². The minimum absolute atomic E-state index is 0.680. The smallest absolute Gasteiger partial charge is 0.148 e. The summed E-state index contributed by atoms with van der Waals surface area (Å²) in [6.07, 6.45) is 0. The van der Waals surface area contributed by atoms with E-state index >= 15 is 0 Å². The van der Waals surface area contributed by atoms with E-state index in [-0.39, 0.29) is 0 Å². The fourth-order valence-electron chi connectivity index (χ4n) is 1.76. The van der Waals surface area contributed by atoms with Crippen molar-refractivity contribution in [3.05, 3.63) is 65.2 Å². The topological polar surface area (TPSA) is 35.8 Å². The summed E-state index contributed by atoms with van der Waals surface area (Å²) < 4.78 is 0. The molecule has 1 unspecified atom stereocenters. The molecule has 18 heavy (non-hydrogen) atoms. The molecule has 2 nitrogen and oxygen atoms in total. The third-order valence-corrected chi connectivity index (χ3v) is 3.07. The van der Waals surface area contributed by atoms with Gasteiger partial charge in [0.1, 0.15) is 5.54 Å². The number of nitrogens with one attached hydrogen (secondary N) is 1. The Morgan fingerprint density at radius 2 is 1.67 bits per heavy atom. The highest BCUT2D eigenvalue weighted by Crippen LogP contribution is 2.26. The summed E-state index contributed by atoms with van der Waals surface area (Å²) in [5.74, 6) is 0. The van der Waals surface area contributed by atoms with Crippen LogP contribution in [0.25, 0.3) is 0 Å². The van der Waals surface area contributed by atoms with E-state index in [4.69, 9.17) is 11.6 Å². The second kappa shape index (κ2) is 5.12. The van der Waals surface area contributed by atoms with E-state index in [0.717, 1.165) is 11.3 Å². The van der Waals surface area contributed by atoms with E-state index < -0.39 is 5.54 Å². The van der Waals surface area contributed by atoms with E-state index in [0.29, 0.717) is 5.02 Å². The Hall–Kier alpha value is -1.98. The summed E-state index contributed by atoms with van der Waals surface area (Å²) in [5.41, 5.74) is 1.05. The maximum atomic E-state index is 9.42. The van der Waals surface area contributed by atoms with Crippen LogP contribution in [0, 0.1) is 11.3 Å². The number of hydrogen-bond donors (Lipinski definition) is 1. The molecular formula is C15H13ClN2. The molecule has 0 bridgehead atoms. The molecule has 0 aliphatic heterocycles. The predicted molar refractivity (Wildman–Crippen MR) is 74.5 cm³/mol. The molecule has 0 radical (unpaired) electrons. The van der Waals surface area contributed by atoms with Crippen LogP contribution in [0.2, 0.25) is 5.02 Å². The first-order chi connectivity index (χ1) is 8.64. The van der Waals surface area contributed by atoms with Gasteiger partial charge in [-0.25, -0.2) is 0 Å². The minimum atomic E-state index is -0.755. The summed E-state index contributed by atoms with van der Waals surface area (Å²) in [5, 5.41) is 13.3. The molecule has 3 heteroatoms. The van der Waals surface area contributed by atoms with Gasteiger partial charge >= 0.3 is 0 Å². The summed E-state index contributed by atoms with van der Waals surface area (Å²) >= 11 is 5.84. The van der Waals surface area contributed by atoms with Gasteiger partial charge in [-0.3, -0.25) is 0 Å². The van der Waals surface area contributed by atoms with Crippen molar-refractivity contribution in [2.45, 2.75) is 12.5 Å². The third kappa shape index (κ3) is 2.64. The van der Waals surface area contributed by atoms with E-state index in [1.807, 2.05) is 49.4 Å². The van der Waals surface area contributed by atoms with Crippen LogP contribution < -0.4 is 5.32 Å². The van der Waals surface area contributed by atoms with Crippen molar-refractivity contribution in [3.63, 3.8) is 0 Å². The summed E-state index contributed by atoms with van der Waals surface area (Å²) in [7, 11) is 0. The van der Waals surface area contributed by atoms with Crippen molar-refractivity contribution in [1.82, 2.24) is 0 Å². The van der Waals surface area contributed by atoms with Gasteiger partial charge in [0.05, 0.1) is 6.07 Å². The van der Waals surface area contributed by atoms with Gasteiger partial charge < -0.3 is 5.32 Å². The summed E-state index contributed by atoms with van der Waals surface area (Å²) in [6.45, 7) is 1.86. The second-order valence-electron chi connectivity index (χ2n) is 4.23. The minimum Gasteiger partial charge on any atom is -0.364 e. The van der Waals surface area contributed by atoms with E-state index in [1.54, 1.807) is 12.1 Å². The van der Waals surface area contributed by atoms with E-state index in [1.165, 1.54) is 0 Å². The number of hydrogen-bond acceptors (Lipinski definition) is 2. The predicted octanol–water partition coefficient (Wildman–Crippen LogP) is 4.19. The number of nitrogens with zero attached hydrogens (tertiary/aromatic N) is 1. The molecule has 0 fully saturated rings. The molecule has 2 rings (SSSR count). The Bertz CT molecular complexity index is 557. The molecule has 2 aromatic carbocycles. The number of nitriles is 1. The third-order valence-electron chi connectivity index (χ3n) is 2.81. The number of halogens is 1. The normalized spacial score (nSPS) is 13.4. The highest BCUT2D eigenvalue weighted by Gasteiger charge is 2.25. The van der Waals surface area contributed by atoms with Gasteiger partial charge in [0.25, 0.3) is 0 Å². The summed E-state index contributed by atoms with van der Waals surface area (Å²) in [4.78, 5) is 0. The van der Waals surface area contributed by atoms with Crippen LogP contribution in [0.3, 0.4) is 0 Å². The van der Waals surface area contributed by atoms with E-state index in [9.17, 15) is 5.26 Å². The maximum absolute atomic E-state index is 9.42. The lowest BCUT2D eigenvalue weighted by Gasteiger charge is -2.25. The SMILES string of the molecule is CC(C#N)(Nc1ccc(Cl)cc1)c1ccccc1. The lowest BCUT2D eigenvalue weighted by atomic mass is 9.93. The van der Waals surface area contributed by atoms with Gasteiger partial charge in [0.2, 0.25) is 0 Å². The number of rotatable bonds is 3. The fraction of sp³-hybridized carbons (Fsp3) is 0.133. The van der Waals surface area contributed by atoms with Crippen LogP contribution in [0.5, 0.6) is 0 Å². The van der Waals surface area contributed by atoms with Crippen LogP contribution in [-0.4, -0.2) is 0 Å². The Labute approximate surface area is 112 Å². The van der Waals surface area contributed by atoms with Crippen LogP contribution >= 0.6 is 11.6 Å². The highest BCUT2D eigenvalue weighted by molar-refractivity contribution is 6.30. The zero-order chi connectivity index (χ0) is 13.0. The molecule has 0 heterocycles. The lowest BCUT2D eigenvalue weighted by Crippen LogP contribution is -2.29. The Morgan fingerprint density at radius 3 is 2.22 bits per heavy atom. The van der Waals surface area contributed by atoms with Crippen LogP contribution in [-0.2, 0) is 5.54 Å². The Balaban J connectivity index is 2.30. The van der Waals surface area contributed by atoms with E-state index in [2.05, 4.69) is 11.4 Å². The molecule has 1 atom stereocenters. The van der Waals surface area contributed by atoms with Gasteiger partial charge in [0.15, 0.2) is 0 Å². The molecule has 1 N–H and O–H groups in total. The zero-order valence-corrected chi connectivity index (χ0v) is 10.8. The van der Waals surface area contributed by atoms with Gasteiger partial charge in [-0.1, -0.05) is 41.9 Å². The first kappa shape index (κ1) is 12.5. The van der Waals surface area contributed by atoms with Gasteiger partial charge in [-0.15, -0.1) is 0 Å². The van der Waals surface area contributed by atoms with Crippen molar-refractivity contribution in [2.75, 3.05) is 5.32 Å². The van der Waals surface area contributed by atoms with Gasteiger partial charge in [-0.05, 0) is 36.8 Å². The maximum Gasteiger partial charge on any atom is 0.148 e. The molecule has 90 valence electrons. The second-order valence-corrected chi connectivity index (χ2v) is 4.67. The number of anilines is 1. The van der Waals surface area contributed by atoms with Crippen molar-refractivity contribution >= 4 is 17.3 Å². The molecule has 2 aromatic rings.